The van der Waals surface area contributed by atoms with Crippen LogP contribution in [0.15, 0.2) is 64.1 Å². The number of amides is 1. The molecule has 0 saturated carbocycles. The minimum Gasteiger partial charge on any atom is -0.448 e. The van der Waals surface area contributed by atoms with Gasteiger partial charge in [-0.3, -0.25) is 14.2 Å². The molecule has 4 aromatic rings. The van der Waals surface area contributed by atoms with Crippen molar-refractivity contribution in [2.45, 2.75) is 19.9 Å². The van der Waals surface area contributed by atoms with Crippen molar-refractivity contribution in [3.8, 4) is 0 Å². The Hall–Kier alpha value is -3.41. The van der Waals surface area contributed by atoms with Gasteiger partial charge in [0.15, 0.2) is 0 Å². The Balaban J connectivity index is 1.62. The van der Waals surface area contributed by atoms with Gasteiger partial charge in [0, 0.05) is 11.1 Å². The number of carbonyl (C=O) groups is 1. The van der Waals surface area contributed by atoms with Crippen LogP contribution in [0, 0.1) is 0 Å². The van der Waals surface area contributed by atoms with E-state index in [2.05, 4.69) is 17.2 Å². The summed E-state index contributed by atoms with van der Waals surface area (Å²) in [5, 5.41) is 3.59. The molecule has 130 valence electrons. The second-order valence-electron chi connectivity index (χ2n) is 6.06. The number of fused-ring (bicyclic) bond motifs is 3. The van der Waals surface area contributed by atoms with Crippen molar-refractivity contribution in [1.82, 2.24) is 9.55 Å². The smallest absolute Gasteiger partial charge is 0.297 e. The van der Waals surface area contributed by atoms with Crippen molar-refractivity contribution in [2.75, 3.05) is 5.32 Å². The first-order valence-corrected chi connectivity index (χ1v) is 8.41. The second kappa shape index (κ2) is 6.48. The number of benzene rings is 2. The zero-order valence-electron chi connectivity index (χ0n) is 14.2. The average molecular weight is 347 g/mol. The standard InChI is InChI=1S/C20H17N3O3/c1-2-13-6-5-7-14(10-13)22-17(24)11-23-12-21-18-15-8-3-4-9-16(15)26-19(18)20(23)25/h3-10,12H,2,11H2,1H3,(H,22,24). The lowest BCUT2D eigenvalue weighted by molar-refractivity contribution is -0.116. The van der Waals surface area contributed by atoms with E-state index < -0.39 is 0 Å². The van der Waals surface area contributed by atoms with E-state index >= 15 is 0 Å². The van der Waals surface area contributed by atoms with Gasteiger partial charge in [-0.25, -0.2) is 4.98 Å². The van der Waals surface area contributed by atoms with Gasteiger partial charge in [-0.15, -0.1) is 0 Å². The summed E-state index contributed by atoms with van der Waals surface area (Å²) in [6, 6.07) is 15.0. The van der Waals surface area contributed by atoms with Crippen LogP contribution in [0.1, 0.15) is 12.5 Å². The Kier molecular flexibility index (Phi) is 4.01. The summed E-state index contributed by atoms with van der Waals surface area (Å²) >= 11 is 0. The van der Waals surface area contributed by atoms with Crippen LogP contribution in [0.5, 0.6) is 0 Å². The van der Waals surface area contributed by atoms with E-state index in [1.165, 1.54) is 10.9 Å². The Bertz CT molecular complexity index is 1170. The predicted octanol–water partition coefficient (Wildman–Crippen LogP) is 3.34. The number of carbonyl (C=O) groups excluding carboxylic acids is 1. The molecule has 0 saturated heterocycles. The summed E-state index contributed by atoms with van der Waals surface area (Å²) in [5.74, 6) is -0.294. The SMILES string of the molecule is CCc1cccc(NC(=O)Cn2cnc3c(oc4ccccc43)c2=O)c1. The number of nitrogens with one attached hydrogen (secondary N) is 1. The molecule has 0 bridgehead atoms. The van der Waals surface area contributed by atoms with Gasteiger partial charge in [0.25, 0.3) is 5.56 Å². The number of hydrogen-bond donors (Lipinski definition) is 1. The first kappa shape index (κ1) is 16.1. The molecular formula is C20H17N3O3. The quantitative estimate of drug-likeness (QED) is 0.614. The molecule has 2 heterocycles. The molecule has 4 rings (SSSR count). The molecule has 2 aromatic heterocycles. The molecular weight excluding hydrogens is 330 g/mol. The van der Waals surface area contributed by atoms with Gasteiger partial charge < -0.3 is 9.73 Å². The Morgan fingerprint density at radius 2 is 2.04 bits per heavy atom. The lowest BCUT2D eigenvalue weighted by atomic mass is 10.1. The molecule has 6 nitrogen and oxygen atoms in total. The average Bonchev–Trinajstić information content (AvgIpc) is 3.04. The van der Waals surface area contributed by atoms with E-state index in [1.54, 1.807) is 6.07 Å². The van der Waals surface area contributed by atoms with E-state index in [0.29, 0.717) is 16.8 Å². The molecule has 0 fully saturated rings. The van der Waals surface area contributed by atoms with Crippen molar-refractivity contribution in [3.05, 3.63) is 70.8 Å². The van der Waals surface area contributed by atoms with Crippen LogP contribution in [-0.2, 0) is 17.8 Å². The molecule has 0 atom stereocenters. The predicted molar refractivity (Wildman–Crippen MR) is 100 cm³/mol. The fraction of sp³-hybridized carbons (Fsp3) is 0.150. The number of furan rings is 1. The molecule has 0 unspecified atom stereocenters. The maximum absolute atomic E-state index is 12.6. The van der Waals surface area contributed by atoms with Gasteiger partial charge in [0.1, 0.15) is 17.6 Å². The van der Waals surface area contributed by atoms with Gasteiger partial charge in [0.05, 0.1) is 6.33 Å². The van der Waals surface area contributed by atoms with Crippen LogP contribution in [-0.4, -0.2) is 15.5 Å². The maximum atomic E-state index is 12.6. The van der Waals surface area contributed by atoms with E-state index in [0.717, 1.165) is 17.4 Å². The van der Waals surface area contributed by atoms with Crippen molar-refractivity contribution >= 4 is 33.7 Å². The zero-order chi connectivity index (χ0) is 18.1. The third-order valence-electron chi connectivity index (χ3n) is 4.28. The highest BCUT2D eigenvalue weighted by molar-refractivity contribution is 6.01. The molecule has 0 spiro atoms. The van der Waals surface area contributed by atoms with Gasteiger partial charge in [-0.2, -0.15) is 0 Å². The lowest BCUT2D eigenvalue weighted by Crippen LogP contribution is -2.27. The molecule has 0 aliphatic carbocycles. The Morgan fingerprint density at radius 1 is 1.19 bits per heavy atom. The topological polar surface area (TPSA) is 77.1 Å². The van der Waals surface area contributed by atoms with Crippen LogP contribution in [0.3, 0.4) is 0 Å². The van der Waals surface area contributed by atoms with Crippen LogP contribution in [0.2, 0.25) is 0 Å². The molecule has 26 heavy (non-hydrogen) atoms. The van der Waals surface area contributed by atoms with Gasteiger partial charge in [-0.05, 0) is 36.2 Å². The minimum atomic E-state index is -0.372. The molecule has 0 aliphatic heterocycles. The molecule has 1 N–H and O–H groups in total. The Labute approximate surface area is 149 Å². The number of aromatic nitrogens is 2. The van der Waals surface area contributed by atoms with E-state index in [-0.39, 0.29) is 23.6 Å². The number of nitrogens with zero attached hydrogens (tertiary/aromatic N) is 2. The van der Waals surface area contributed by atoms with E-state index in [9.17, 15) is 9.59 Å². The summed E-state index contributed by atoms with van der Waals surface area (Å²) in [7, 11) is 0. The number of rotatable bonds is 4. The summed E-state index contributed by atoms with van der Waals surface area (Å²) in [6.07, 6.45) is 2.27. The normalized spacial score (nSPS) is 11.1. The largest absolute Gasteiger partial charge is 0.448 e. The number of para-hydroxylation sites is 1. The first-order valence-electron chi connectivity index (χ1n) is 8.41. The highest BCUT2D eigenvalue weighted by atomic mass is 16.3. The van der Waals surface area contributed by atoms with Gasteiger partial charge >= 0.3 is 0 Å². The van der Waals surface area contributed by atoms with Crippen molar-refractivity contribution < 1.29 is 9.21 Å². The summed E-state index contributed by atoms with van der Waals surface area (Å²) in [4.78, 5) is 29.3. The molecule has 1 amide bonds. The van der Waals surface area contributed by atoms with E-state index in [4.69, 9.17) is 4.42 Å². The number of anilines is 1. The first-order chi connectivity index (χ1) is 12.7. The summed E-state index contributed by atoms with van der Waals surface area (Å²) < 4.78 is 6.88. The maximum Gasteiger partial charge on any atom is 0.297 e. The van der Waals surface area contributed by atoms with Crippen molar-refractivity contribution in [1.29, 1.82) is 0 Å². The highest BCUT2D eigenvalue weighted by Crippen LogP contribution is 2.24. The fourth-order valence-corrected chi connectivity index (χ4v) is 2.95. The highest BCUT2D eigenvalue weighted by Gasteiger charge is 2.14. The van der Waals surface area contributed by atoms with Crippen LogP contribution >= 0.6 is 0 Å². The van der Waals surface area contributed by atoms with Crippen LogP contribution in [0.4, 0.5) is 5.69 Å². The minimum absolute atomic E-state index is 0.130. The van der Waals surface area contributed by atoms with E-state index in [1.807, 2.05) is 42.5 Å². The number of aryl methyl sites for hydroxylation is 1. The summed E-state index contributed by atoms with van der Waals surface area (Å²) in [5.41, 5.74) is 2.74. The van der Waals surface area contributed by atoms with Gasteiger partial charge in [-0.1, -0.05) is 31.2 Å². The third-order valence-corrected chi connectivity index (χ3v) is 4.28. The summed E-state index contributed by atoms with van der Waals surface area (Å²) in [6.45, 7) is 1.92. The molecule has 6 heteroatoms. The molecule has 0 aliphatic rings. The molecule has 0 radical (unpaired) electrons. The second-order valence-corrected chi connectivity index (χ2v) is 6.06. The Morgan fingerprint density at radius 3 is 2.88 bits per heavy atom. The lowest BCUT2D eigenvalue weighted by Gasteiger charge is -2.08. The fourth-order valence-electron chi connectivity index (χ4n) is 2.95. The van der Waals surface area contributed by atoms with Crippen molar-refractivity contribution in [3.63, 3.8) is 0 Å². The van der Waals surface area contributed by atoms with Crippen molar-refractivity contribution in [2.24, 2.45) is 0 Å². The zero-order valence-corrected chi connectivity index (χ0v) is 14.2. The molecule has 2 aromatic carbocycles. The van der Waals surface area contributed by atoms with Crippen LogP contribution in [0.25, 0.3) is 22.1 Å². The van der Waals surface area contributed by atoms with Gasteiger partial charge in [0.2, 0.25) is 11.5 Å². The monoisotopic (exact) mass is 347 g/mol. The number of hydrogen-bond acceptors (Lipinski definition) is 4. The van der Waals surface area contributed by atoms with Crippen LogP contribution < -0.4 is 10.9 Å². The third kappa shape index (κ3) is 2.86.